The molecule has 2 aliphatic rings. The first kappa shape index (κ1) is 30.0. The largest absolute Gasteiger partial charge is 0.496 e. The number of nitrogens with zero attached hydrogens (tertiary/aromatic N) is 2. The van der Waals surface area contributed by atoms with E-state index in [1.165, 1.54) is 25.3 Å². The second kappa shape index (κ2) is 12.5. The van der Waals surface area contributed by atoms with Gasteiger partial charge in [-0.05, 0) is 67.6 Å². The lowest BCUT2D eigenvalue weighted by Gasteiger charge is -2.27. The first-order valence-electron chi connectivity index (χ1n) is 11.9. The fourth-order valence-corrected chi connectivity index (χ4v) is 6.38. The Labute approximate surface area is 237 Å². The molecule has 206 valence electrons. The van der Waals surface area contributed by atoms with E-state index in [4.69, 9.17) is 27.9 Å². The van der Waals surface area contributed by atoms with Gasteiger partial charge in [-0.1, -0.05) is 23.2 Å². The molecule has 0 aliphatic carbocycles. The number of benzene rings is 2. The van der Waals surface area contributed by atoms with Gasteiger partial charge in [-0.25, -0.2) is 12.7 Å². The van der Waals surface area contributed by atoms with Crippen molar-refractivity contribution in [2.24, 2.45) is 5.92 Å². The van der Waals surface area contributed by atoms with Crippen molar-refractivity contribution >= 4 is 63.4 Å². The van der Waals surface area contributed by atoms with Crippen LogP contribution in [0.4, 0.5) is 0 Å². The molecule has 9 nitrogen and oxygen atoms in total. The van der Waals surface area contributed by atoms with Gasteiger partial charge in [0.15, 0.2) is 0 Å². The van der Waals surface area contributed by atoms with Gasteiger partial charge in [0.2, 0.25) is 11.8 Å². The van der Waals surface area contributed by atoms with E-state index in [1.807, 2.05) is 0 Å². The molecule has 2 saturated heterocycles. The van der Waals surface area contributed by atoms with Crippen LogP contribution >= 0.6 is 35.6 Å². The van der Waals surface area contributed by atoms with Crippen molar-refractivity contribution in [3.63, 3.8) is 0 Å². The smallest absolute Gasteiger partial charge is 0.267 e. The van der Waals surface area contributed by atoms with Crippen LogP contribution in [0.2, 0.25) is 10.0 Å². The van der Waals surface area contributed by atoms with E-state index in [1.54, 1.807) is 23.1 Å². The van der Waals surface area contributed by atoms with E-state index < -0.39 is 34.3 Å². The molecule has 38 heavy (non-hydrogen) atoms. The monoisotopic (exact) mass is 603 g/mol. The van der Waals surface area contributed by atoms with E-state index in [9.17, 15) is 22.8 Å². The number of methoxy groups -OCH3 is 1. The van der Waals surface area contributed by atoms with Gasteiger partial charge in [-0.3, -0.25) is 14.4 Å². The van der Waals surface area contributed by atoms with Crippen LogP contribution in [0.3, 0.4) is 0 Å². The summed E-state index contributed by atoms with van der Waals surface area (Å²) < 4.78 is 33.2. The fraction of sp³-hybridized carbons (Fsp3) is 0.400. The normalized spacial score (nSPS) is 18.3. The molecule has 3 amide bonds. The highest BCUT2D eigenvalue weighted by atomic mass is 35.5. The molecule has 2 aromatic rings. The second-order valence-corrected chi connectivity index (χ2v) is 11.7. The molecule has 0 saturated carbocycles. The zero-order valence-corrected chi connectivity index (χ0v) is 23.8. The summed E-state index contributed by atoms with van der Waals surface area (Å²) in [6.45, 7) is 0.387. The van der Waals surface area contributed by atoms with Crippen LogP contribution in [0.1, 0.15) is 35.2 Å². The van der Waals surface area contributed by atoms with E-state index >= 15 is 0 Å². The second-order valence-electron chi connectivity index (χ2n) is 9.01. The highest BCUT2D eigenvalue weighted by molar-refractivity contribution is 7.89. The summed E-state index contributed by atoms with van der Waals surface area (Å²) in [5, 5.41) is 3.15. The molecule has 13 heteroatoms. The Kier molecular flexibility index (Phi) is 9.91. The fourth-order valence-electron chi connectivity index (χ4n) is 4.55. The van der Waals surface area contributed by atoms with Crippen LogP contribution in [-0.2, 0) is 26.0 Å². The van der Waals surface area contributed by atoms with Crippen molar-refractivity contribution in [3.8, 4) is 5.75 Å². The molecule has 2 aliphatic heterocycles. The molecule has 2 heterocycles. The number of piperidine rings is 1. The van der Waals surface area contributed by atoms with E-state index in [-0.39, 0.29) is 46.8 Å². The number of amides is 3. The third kappa shape index (κ3) is 6.36. The summed E-state index contributed by atoms with van der Waals surface area (Å²) >= 11 is 12.4. The molecular formula is C25H28Cl3N3O6S. The Morgan fingerprint density at radius 3 is 2.47 bits per heavy atom. The predicted octanol–water partition coefficient (Wildman–Crippen LogP) is 3.56. The number of sulfonamides is 1. The number of carbonyl (C=O) groups is 3. The number of carbonyl (C=O) groups excluding carboxylic acids is 3. The summed E-state index contributed by atoms with van der Waals surface area (Å²) in [7, 11) is -3.01. The average Bonchev–Trinajstić information content (AvgIpc) is 3.03. The minimum Gasteiger partial charge on any atom is -0.496 e. The average molecular weight is 605 g/mol. The van der Waals surface area contributed by atoms with Crippen molar-refractivity contribution in [2.45, 2.75) is 30.6 Å². The van der Waals surface area contributed by atoms with Gasteiger partial charge in [0.05, 0.1) is 28.5 Å². The first-order chi connectivity index (χ1) is 17.6. The first-order valence-corrected chi connectivity index (χ1v) is 14.1. The quantitative estimate of drug-likeness (QED) is 0.540. The van der Waals surface area contributed by atoms with Gasteiger partial charge in [-0.15, -0.1) is 12.4 Å². The molecule has 2 fully saturated rings. The lowest BCUT2D eigenvalue weighted by atomic mass is 9.98. The van der Waals surface area contributed by atoms with Crippen molar-refractivity contribution in [1.82, 2.24) is 14.5 Å². The number of halogens is 3. The van der Waals surface area contributed by atoms with Gasteiger partial charge in [0, 0.05) is 24.7 Å². The highest BCUT2D eigenvalue weighted by Crippen LogP contribution is 2.29. The summed E-state index contributed by atoms with van der Waals surface area (Å²) in [5.41, 5.74) is 0.638. The maximum absolute atomic E-state index is 13.6. The number of rotatable bonds is 6. The lowest BCUT2D eigenvalue weighted by Crippen LogP contribution is -2.42. The molecule has 0 bridgehead atoms. The van der Waals surface area contributed by atoms with Gasteiger partial charge >= 0.3 is 0 Å². The summed E-state index contributed by atoms with van der Waals surface area (Å²) in [6, 6.07) is 8.66. The Hall–Kier alpha value is -2.53. The lowest BCUT2D eigenvalue weighted by molar-refractivity contribution is -0.131. The van der Waals surface area contributed by atoms with Crippen molar-refractivity contribution in [1.29, 1.82) is 0 Å². The van der Waals surface area contributed by atoms with E-state index in [0.29, 0.717) is 33.7 Å². The van der Waals surface area contributed by atoms with Crippen LogP contribution in [0, 0.1) is 5.92 Å². The number of likely N-dealkylation sites (tertiary alicyclic amines) is 1. The Morgan fingerprint density at radius 2 is 1.79 bits per heavy atom. The molecule has 4 rings (SSSR count). The zero-order chi connectivity index (χ0) is 26.7. The van der Waals surface area contributed by atoms with Crippen LogP contribution in [0.25, 0.3) is 0 Å². The molecule has 0 spiro atoms. The van der Waals surface area contributed by atoms with E-state index in [0.717, 1.165) is 19.3 Å². The number of nitrogens with one attached hydrogen (secondary N) is 1. The maximum Gasteiger partial charge on any atom is 0.267 e. The molecule has 1 unspecified atom stereocenters. The molecule has 1 N–H and O–H groups in total. The third-order valence-corrected chi connectivity index (χ3v) is 8.84. The highest BCUT2D eigenvalue weighted by Gasteiger charge is 2.39. The van der Waals surface area contributed by atoms with Gasteiger partial charge in [0.25, 0.3) is 15.9 Å². The van der Waals surface area contributed by atoms with Crippen LogP contribution in [0.15, 0.2) is 41.3 Å². The van der Waals surface area contributed by atoms with Crippen LogP contribution in [-0.4, -0.2) is 68.6 Å². The van der Waals surface area contributed by atoms with Crippen LogP contribution < -0.4 is 10.1 Å². The summed E-state index contributed by atoms with van der Waals surface area (Å²) in [6.07, 6.45) is 2.83. The summed E-state index contributed by atoms with van der Waals surface area (Å²) in [5.74, 6) is -2.14. The molecule has 0 aromatic heterocycles. The number of hydrogen-bond donors (Lipinski definition) is 1. The van der Waals surface area contributed by atoms with Gasteiger partial charge in [-0.2, -0.15) is 0 Å². The Bertz CT molecular complexity index is 1330. The Morgan fingerprint density at radius 1 is 1.08 bits per heavy atom. The van der Waals surface area contributed by atoms with Crippen molar-refractivity contribution < 1.29 is 27.5 Å². The van der Waals surface area contributed by atoms with Gasteiger partial charge in [0.1, 0.15) is 12.3 Å². The molecular weight excluding hydrogens is 577 g/mol. The standard InChI is InChI=1S/C25H27Cl2N3O6S.ClH/c1-36-22-8-5-18(26)12-16(22)11-17-14-28-23(31)15-30(24(17)32)37(34,35)19-6-7-21(27)20(13-19)25(33)29-9-3-2-4-10-29;/h5-8,12-13,17H,2-4,9-11,14-15H2,1H3,(H,28,31);1H. The number of ether oxygens (including phenoxy) is 1. The van der Waals surface area contributed by atoms with Gasteiger partial charge < -0.3 is 15.0 Å². The van der Waals surface area contributed by atoms with Crippen LogP contribution in [0.5, 0.6) is 5.75 Å². The maximum atomic E-state index is 13.6. The molecule has 1 atom stereocenters. The third-order valence-electron chi connectivity index (χ3n) is 6.54. The van der Waals surface area contributed by atoms with Crippen molar-refractivity contribution in [2.75, 3.05) is 33.3 Å². The molecule has 2 aromatic carbocycles. The van der Waals surface area contributed by atoms with Crippen molar-refractivity contribution in [3.05, 3.63) is 57.6 Å². The number of hydrogen-bond acceptors (Lipinski definition) is 6. The topological polar surface area (TPSA) is 113 Å². The SMILES string of the molecule is COc1ccc(Cl)cc1CC1CNC(=O)CN(S(=O)(=O)c2ccc(Cl)c(C(=O)N3CCCCC3)c2)C1=O.Cl. The zero-order valence-electron chi connectivity index (χ0n) is 20.6. The summed E-state index contributed by atoms with van der Waals surface area (Å²) in [4.78, 5) is 40.4. The minimum absolute atomic E-state index is 0. The predicted molar refractivity (Wildman–Crippen MR) is 146 cm³/mol. The van der Waals surface area contributed by atoms with E-state index in [2.05, 4.69) is 5.32 Å². The minimum atomic E-state index is -4.48. The molecule has 0 radical (unpaired) electrons. The Balaban J connectivity index is 0.00000400.